The molecule has 0 aromatic carbocycles. The summed E-state index contributed by atoms with van der Waals surface area (Å²) in [6, 6.07) is 2.25. The van der Waals surface area contributed by atoms with Crippen molar-refractivity contribution < 1.29 is 13.2 Å². The standard InChI is InChI=1S/C8H8F3N2/c1-2-12-6-3-4-7(13-5-6)8(9,10)11/h3-5,12H,1-2H2. The van der Waals surface area contributed by atoms with Crippen molar-refractivity contribution in [1.82, 2.24) is 4.98 Å². The number of halogens is 3. The van der Waals surface area contributed by atoms with E-state index in [4.69, 9.17) is 0 Å². The van der Waals surface area contributed by atoms with E-state index in [0.717, 1.165) is 12.3 Å². The fourth-order valence-corrected chi connectivity index (χ4v) is 0.810. The molecule has 13 heavy (non-hydrogen) atoms. The molecule has 1 radical (unpaired) electrons. The molecule has 0 saturated heterocycles. The van der Waals surface area contributed by atoms with E-state index in [0.29, 0.717) is 12.2 Å². The van der Waals surface area contributed by atoms with Gasteiger partial charge in [-0.2, -0.15) is 13.2 Å². The molecule has 1 aromatic rings. The number of pyridine rings is 1. The maximum atomic E-state index is 12.0. The molecule has 1 rings (SSSR count). The zero-order chi connectivity index (χ0) is 9.90. The predicted molar refractivity (Wildman–Crippen MR) is 43.1 cm³/mol. The molecular formula is C8H8F3N2. The normalized spacial score (nSPS) is 11.4. The highest BCUT2D eigenvalue weighted by molar-refractivity contribution is 5.41. The highest BCUT2D eigenvalue weighted by Crippen LogP contribution is 2.27. The Labute approximate surface area is 73.8 Å². The summed E-state index contributed by atoms with van der Waals surface area (Å²) < 4.78 is 36.0. The fraction of sp³-hybridized carbons (Fsp3) is 0.250. The van der Waals surface area contributed by atoms with Crippen molar-refractivity contribution in [3.05, 3.63) is 30.9 Å². The number of rotatable bonds is 2. The Morgan fingerprint density at radius 3 is 2.46 bits per heavy atom. The third-order valence-corrected chi connectivity index (χ3v) is 1.38. The Hall–Kier alpha value is -1.26. The molecule has 1 heterocycles. The Morgan fingerprint density at radius 1 is 1.38 bits per heavy atom. The van der Waals surface area contributed by atoms with Crippen molar-refractivity contribution in [3.8, 4) is 0 Å². The third kappa shape index (κ3) is 2.61. The van der Waals surface area contributed by atoms with Crippen molar-refractivity contribution in [3.63, 3.8) is 0 Å². The van der Waals surface area contributed by atoms with Crippen LogP contribution < -0.4 is 5.32 Å². The van der Waals surface area contributed by atoms with Crippen molar-refractivity contribution >= 4 is 5.69 Å². The first-order valence-corrected chi connectivity index (χ1v) is 3.60. The zero-order valence-corrected chi connectivity index (χ0v) is 6.73. The van der Waals surface area contributed by atoms with Gasteiger partial charge in [0.2, 0.25) is 0 Å². The smallest absolute Gasteiger partial charge is 0.384 e. The predicted octanol–water partition coefficient (Wildman–Crippen LogP) is 2.35. The molecule has 1 N–H and O–H groups in total. The van der Waals surface area contributed by atoms with E-state index in [1.807, 2.05) is 0 Å². The Balaban J connectivity index is 2.81. The molecule has 0 aliphatic carbocycles. The quantitative estimate of drug-likeness (QED) is 0.772. The van der Waals surface area contributed by atoms with E-state index >= 15 is 0 Å². The second-order valence-corrected chi connectivity index (χ2v) is 2.36. The molecule has 1 aromatic heterocycles. The Kier molecular flexibility index (Phi) is 2.75. The van der Waals surface area contributed by atoms with Crippen LogP contribution in [0.15, 0.2) is 18.3 Å². The lowest BCUT2D eigenvalue weighted by Gasteiger charge is -2.06. The van der Waals surface area contributed by atoms with Crippen LogP contribution in [0.2, 0.25) is 0 Å². The summed E-state index contributed by atoms with van der Waals surface area (Å²) in [6.07, 6.45) is -3.24. The number of hydrogen-bond acceptors (Lipinski definition) is 2. The molecule has 0 fully saturated rings. The van der Waals surface area contributed by atoms with E-state index < -0.39 is 11.9 Å². The second kappa shape index (κ2) is 3.64. The lowest BCUT2D eigenvalue weighted by molar-refractivity contribution is -0.141. The summed E-state index contributed by atoms with van der Waals surface area (Å²) in [4.78, 5) is 3.25. The first kappa shape index (κ1) is 9.83. The number of alkyl halides is 3. The van der Waals surface area contributed by atoms with E-state index in [1.54, 1.807) is 0 Å². The topological polar surface area (TPSA) is 24.9 Å². The van der Waals surface area contributed by atoms with E-state index in [9.17, 15) is 13.2 Å². The van der Waals surface area contributed by atoms with Gasteiger partial charge in [0.05, 0.1) is 11.9 Å². The summed E-state index contributed by atoms with van der Waals surface area (Å²) in [5.74, 6) is 0. The van der Waals surface area contributed by atoms with Gasteiger partial charge >= 0.3 is 6.18 Å². The van der Waals surface area contributed by atoms with E-state index in [-0.39, 0.29) is 0 Å². The summed E-state index contributed by atoms with van der Waals surface area (Å²) in [7, 11) is 0. The average molecular weight is 189 g/mol. The second-order valence-electron chi connectivity index (χ2n) is 2.36. The Morgan fingerprint density at radius 2 is 2.08 bits per heavy atom. The van der Waals surface area contributed by atoms with E-state index in [1.165, 1.54) is 6.07 Å². The van der Waals surface area contributed by atoms with Gasteiger partial charge in [-0.3, -0.25) is 0 Å². The monoisotopic (exact) mass is 189 g/mol. The van der Waals surface area contributed by atoms with Crippen LogP contribution in [0.5, 0.6) is 0 Å². The molecule has 5 heteroatoms. The van der Waals surface area contributed by atoms with Gasteiger partial charge in [0.1, 0.15) is 5.69 Å². The molecule has 0 unspecified atom stereocenters. The molecule has 0 spiro atoms. The lowest BCUT2D eigenvalue weighted by Crippen LogP contribution is -2.08. The first-order chi connectivity index (χ1) is 6.04. The number of nitrogens with one attached hydrogen (secondary N) is 1. The third-order valence-electron chi connectivity index (χ3n) is 1.38. The molecule has 0 aliphatic rings. The van der Waals surface area contributed by atoms with Gasteiger partial charge in [-0.1, -0.05) is 0 Å². The summed E-state index contributed by atoms with van der Waals surface area (Å²) in [5, 5.41) is 2.75. The zero-order valence-electron chi connectivity index (χ0n) is 6.73. The lowest BCUT2D eigenvalue weighted by atomic mass is 10.3. The molecule has 0 saturated carbocycles. The van der Waals surface area contributed by atoms with Crippen LogP contribution in [0.4, 0.5) is 18.9 Å². The van der Waals surface area contributed by atoms with Crippen molar-refractivity contribution in [2.75, 3.05) is 11.9 Å². The minimum Gasteiger partial charge on any atom is -0.384 e. The molecular weight excluding hydrogens is 181 g/mol. The van der Waals surface area contributed by atoms with Crippen molar-refractivity contribution in [2.45, 2.75) is 6.18 Å². The van der Waals surface area contributed by atoms with Crippen LogP contribution in [0, 0.1) is 6.92 Å². The number of anilines is 1. The van der Waals surface area contributed by atoms with Crippen LogP contribution in [0.1, 0.15) is 5.69 Å². The van der Waals surface area contributed by atoms with Crippen molar-refractivity contribution in [2.24, 2.45) is 0 Å². The van der Waals surface area contributed by atoms with Gasteiger partial charge in [-0.05, 0) is 19.1 Å². The fourth-order valence-electron chi connectivity index (χ4n) is 0.810. The van der Waals surface area contributed by atoms with Gasteiger partial charge in [-0.25, -0.2) is 4.98 Å². The molecule has 0 bridgehead atoms. The first-order valence-electron chi connectivity index (χ1n) is 3.60. The van der Waals surface area contributed by atoms with Crippen LogP contribution in [-0.4, -0.2) is 11.5 Å². The summed E-state index contributed by atoms with van der Waals surface area (Å²) >= 11 is 0. The molecule has 71 valence electrons. The van der Waals surface area contributed by atoms with Crippen LogP contribution in [0.25, 0.3) is 0 Å². The van der Waals surface area contributed by atoms with Gasteiger partial charge < -0.3 is 5.32 Å². The van der Waals surface area contributed by atoms with Gasteiger partial charge in [0.15, 0.2) is 0 Å². The summed E-state index contributed by atoms with van der Waals surface area (Å²) in [6.45, 7) is 3.90. The van der Waals surface area contributed by atoms with E-state index in [2.05, 4.69) is 17.2 Å². The average Bonchev–Trinajstić information content (AvgIpc) is 2.04. The Bertz CT molecular complexity index is 266. The molecule has 0 amide bonds. The largest absolute Gasteiger partial charge is 0.433 e. The van der Waals surface area contributed by atoms with Gasteiger partial charge in [-0.15, -0.1) is 0 Å². The minimum absolute atomic E-state index is 0.410. The minimum atomic E-state index is -4.37. The van der Waals surface area contributed by atoms with Crippen molar-refractivity contribution in [1.29, 1.82) is 0 Å². The highest BCUT2D eigenvalue weighted by atomic mass is 19.4. The van der Waals surface area contributed by atoms with Gasteiger partial charge in [0, 0.05) is 6.54 Å². The molecule has 2 nitrogen and oxygen atoms in total. The van der Waals surface area contributed by atoms with Crippen LogP contribution in [0.3, 0.4) is 0 Å². The number of hydrogen-bond donors (Lipinski definition) is 1. The summed E-state index contributed by atoms with van der Waals surface area (Å²) in [5.41, 5.74) is -0.356. The SMILES string of the molecule is [CH2]CNc1ccc(C(F)(F)F)nc1. The molecule has 0 aliphatic heterocycles. The number of aromatic nitrogens is 1. The number of nitrogens with zero attached hydrogens (tertiary/aromatic N) is 1. The molecule has 0 atom stereocenters. The highest BCUT2D eigenvalue weighted by Gasteiger charge is 2.31. The van der Waals surface area contributed by atoms with Gasteiger partial charge in [0.25, 0.3) is 0 Å². The van der Waals surface area contributed by atoms with Crippen LogP contribution >= 0.6 is 0 Å². The maximum absolute atomic E-state index is 12.0. The van der Waals surface area contributed by atoms with Crippen LogP contribution in [-0.2, 0) is 6.18 Å². The maximum Gasteiger partial charge on any atom is 0.433 e.